The van der Waals surface area contributed by atoms with Gasteiger partial charge in [0.2, 0.25) is 0 Å². The molecule has 0 spiro atoms. The summed E-state index contributed by atoms with van der Waals surface area (Å²) in [6, 6.07) is 6.10. The van der Waals surface area contributed by atoms with Crippen LogP contribution in [0.3, 0.4) is 0 Å². The Kier molecular flexibility index (Phi) is 5.15. The third-order valence-corrected chi connectivity index (χ3v) is 4.95. The summed E-state index contributed by atoms with van der Waals surface area (Å²) < 4.78 is 1.48. The second-order valence-corrected chi connectivity index (χ2v) is 8.10. The molecule has 3 rings (SSSR count). The summed E-state index contributed by atoms with van der Waals surface area (Å²) in [6.45, 7) is 14.2. The van der Waals surface area contributed by atoms with Gasteiger partial charge in [0.05, 0.1) is 16.7 Å². The van der Waals surface area contributed by atoms with Gasteiger partial charge in [0.15, 0.2) is 5.65 Å². The lowest BCUT2D eigenvalue weighted by molar-refractivity contribution is 0.720. The van der Waals surface area contributed by atoms with Crippen molar-refractivity contribution in [1.82, 2.24) is 14.6 Å². The highest BCUT2D eigenvalue weighted by Gasteiger charge is 2.20. The summed E-state index contributed by atoms with van der Waals surface area (Å²) in [5.74, 6) is 0.235. The highest BCUT2D eigenvalue weighted by atomic mass is 16.1. The molecular weight excluding hydrogens is 350 g/mol. The number of aromatic nitrogens is 3. The lowest BCUT2D eigenvalue weighted by Crippen LogP contribution is -2.25. The quantitative estimate of drug-likeness (QED) is 0.758. The molecule has 0 amide bonds. The molecule has 2 heterocycles. The molecule has 0 bridgehead atoms. The first kappa shape index (κ1) is 19.9. The fourth-order valence-corrected chi connectivity index (χ4v) is 3.40. The van der Waals surface area contributed by atoms with Crippen molar-refractivity contribution in [2.24, 2.45) is 4.99 Å². The van der Waals surface area contributed by atoms with Gasteiger partial charge in [0.1, 0.15) is 5.36 Å². The third-order valence-electron chi connectivity index (χ3n) is 4.95. The van der Waals surface area contributed by atoms with Gasteiger partial charge in [-0.2, -0.15) is 4.52 Å². The molecule has 0 fully saturated rings. The van der Waals surface area contributed by atoms with Gasteiger partial charge in [-0.1, -0.05) is 34.3 Å². The van der Waals surface area contributed by atoms with E-state index in [1.54, 1.807) is 0 Å². The molecule has 0 unspecified atom stereocenters. The van der Waals surface area contributed by atoms with Crippen molar-refractivity contribution >= 4 is 23.6 Å². The number of nitrogens with one attached hydrogen (secondary N) is 1. The molecule has 0 aliphatic carbocycles. The summed E-state index contributed by atoms with van der Waals surface area (Å²) in [6.07, 6.45) is 0. The lowest BCUT2D eigenvalue weighted by atomic mass is 9.96. The Bertz CT molecular complexity index is 1200. The number of nitrogens with zero attached hydrogens (tertiary/aromatic N) is 4. The van der Waals surface area contributed by atoms with E-state index in [9.17, 15) is 4.79 Å². The molecule has 0 saturated carbocycles. The maximum atomic E-state index is 13.1. The van der Waals surface area contributed by atoms with Crippen LogP contribution in [0.15, 0.2) is 28.0 Å². The number of hydrogen-bond acceptors (Lipinski definition) is 4. The van der Waals surface area contributed by atoms with Crippen LogP contribution in [0.25, 0.3) is 12.2 Å². The minimum Gasteiger partial charge on any atom is -0.378 e. The molecule has 2 aromatic heterocycles. The molecule has 0 saturated heterocycles. The molecule has 0 radical (unpaired) electrons. The van der Waals surface area contributed by atoms with Gasteiger partial charge in [0.25, 0.3) is 5.56 Å². The number of aryl methyl sites for hydroxylation is 1. The largest absolute Gasteiger partial charge is 0.378 e. The minimum absolute atomic E-state index is 0.0743. The number of aromatic amines is 1. The van der Waals surface area contributed by atoms with E-state index in [0.29, 0.717) is 16.4 Å². The van der Waals surface area contributed by atoms with Crippen LogP contribution < -0.4 is 21.2 Å². The predicted octanol–water partition coefficient (Wildman–Crippen LogP) is 3.01. The predicted molar refractivity (Wildman–Crippen MR) is 115 cm³/mol. The van der Waals surface area contributed by atoms with Gasteiger partial charge in [0, 0.05) is 25.3 Å². The number of H-pyrrole nitrogens is 1. The smallest absolute Gasteiger partial charge is 0.276 e. The second kappa shape index (κ2) is 7.26. The molecular formula is C22H29N5O. The first-order valence-electron chi connectivity index (χ1n) is 9.62. The highest BCUT2D eigenvalue weighted by Crippen LogP contribution is 2.24. The maximum absolute atomic E-state index is 13.1. The number of anilines is 1. The molecule has 0 aliphatic heterocycles. The van der Waals surface area contributed by atoms with Crippen molar-refractivity contribution in [2.45, 2.75) is 46.5 Å². The van der Waals surface area contributed by atoms with E-state index in [1.807, 2.05) is 47.0 Å². The standard InChI is InChI=1S/C22H29N5O/c1-12(2)18-19(13(3)4)24-21-20(15(6)25-27(21)22(18)28)23-17-10-9-16(26(7)8)11-14(17)5/h9-13,25H,6H2,1-5,7-8H3. The molecule has 1 N–H and O–H groups in total. The second-order valence-electron chi connectivity index (χ2n) is 8.10. The number of benzene rings is 1. The zero-order valence-corrected chi connectivity index (χ0v) is 17.8. The van der Waals surface area contributed by atoms with Gasteiger partial charge in [-0.3, -0.25) is 9.89 Å². The number of hydrogen-bond donors (Lipinski definition) is 1. The molecule has 3 aromatic rings. The molecule has 6 heteroatoms. The number of rotatable bonds is 4. The summed E-state index contributed by atoms with van der Waals surface area (Å²) >= 11 is 0. The van der Waals surface area contributed by atoms with Crippen LogP contribution in [0.2, 0.25) is 0 Å². The zero-order valence-electron chi connectivity index (χ0n) is 17.8. The maximum Gasteiger partial charge on any atom is 0.276 e. The van der Waals surface area contributed by atoms with E-state index in [2.05, 4.69) is 36.5 Å². The summed E-state index contributed by atoms with van der Waals surface area (Å²) in [5.41, 5.74) is 5.03. The molecule has 0 aliphatic rings. The fourth-order valence-electron chi connectivity index (χ4n) is 3.40. The topological polar surface area (TPSA) is 65.8 Å². The van der Waals surface area contributed by atoms with Gasteiger partial charge in [-0.05, 0) is 42.5 Å². The fraction of sp³-hybridized carbons (Fsp3) is 0.409. The summed E-state index contributed by atoms with van der Waals surface area (Å²) in [4.78, 5) is 24.8. The van der Waals surface area contributed by atoms with Gasteiger partial charge >= 0.3 is 0 Å². The minimum atomic E-state index is -0.0743. The molecule has 148 valence electrons. The highest BCUT2D eigenvalue weighted by molar-refractivity contribution is 5.57. The monoisotopic (exact) mass is 379 g/mol. The SMILES string of the molecule is C=c1[nH]n2c(=O)c(C(C)C)c(C(C)C)nc2c1=Nc1ccc(N(C)C)cc1C. The van der Waals surface area contributed by atoms with E-state index in [4.69, 9.17) is 9.98 Å². The third kappa shape index (κ3) is 3.35. The van der Waals surface area contributed by atoms with Gasteiger partial charge < -0.3 is 4.90 Å². The van der Waals surface area contributed by atoms with Crippen molar-refractivity contribution in [2.75, 3.05) is 19.0 Å². The first-order valence-corrected chi connectivity index (χ1v) is 9.62. The average molecular weight is 380 g/mol. The van der Waals surface area contributed by atoms with E-state index >= 15 is 0 Å². The summed E-state index contributed by atoms with van der Waals surface area (Å²) in [7, 11) is 4.02. The number of fused-ring (bicyclic) bond motifs is 1. The average Bonchev–Trinajstić information content (AvgIpc) is 2.92. The Morgan fingerprint density at radius 1 is 1.18 bits per heavy atom. The Morgan fingerprint density at radius 2 is 1.86 bits per heavy atom. The Labute approximate surface area is 165 Å². The van der Waals surface area contributed by atoms with Crippen LogP contribution in [0.1, 0.15) is 56.4 Å². The molecule has 6 nitrogen and oxygen atoms in total. The molecule has 0 atom stereocenters. The van der Waals surface area contributed by atoms with Crippen LogP contribution >= 0.6 is 0 Å². The molecule has 28 heavy (non-hydrogen) atoms. The van der Waals surface area contributed by atoms with Crippen molar-refractivity contribution in [3.63, 3.8) is 0 Å². The zero-order chi connectivity index (χ0) is 20.7. The summed E-state index contributed by atoms with van der Waals surface area (Å²) in [5, 5.41) is 4.24. The molecule has 1 aromatic carbocycles. The van der Waals surface area contributed by atoms with E-state index in [0.717, 1.165) is 28.2 Å². The van der Waals surface area contributed by atoms with Crippen LogP contribution in [0.5, 0.6) is 0 Å². The lowest BCUT2D eigenvalue weighted by Gasteiger charge is -2.14. The Hall–Kier alpha value is -2.89. The Morgan fingerprint density at radius 3 is 2.39 bits per heavy atom. The van der Waals surface area contributed by atoms with E-state index in [1.165, 1.54) is 4.52 Å². The Balaban J connectivity index is 2.34. The van der Waals surface area contributed by atoms with Crippen LogP contribution in [-0.2, 0) is 0 Å². The van der Waals surface area contributed by atoms with E-state index < -0.39 is 0 Å². The normalized spacial score (nSPS) is 12.5. The van der Waals surface area contributed by atoms with Gasteiger partial charge in [-0.15, -0.1) is 0 Å². The van der Waals surface area contributed by atoms with Crippen LogP contribution in [0, 0.1) is 6.92 Å². The van der Waals surface area contributed by atoms with Crippen LogP contribution in [-0.4, -0.2) is 28.7 Å². The van der Waals surface area contributed by atoms with Gasteiger partial charge in [-0.25, -0.2) is 9.98 Å². The van der Waals surface area contributed by atoms with Crippen molar-refractivity contribution in [1.29, 1.82) is 0 Å². The van der Waals surface area contributed by atoms with Crippen LogP contribution in [0.4, 0.5) is 11.4 Å². The first-order chi connectivity index (χ1) is 13.1. The van der Waals surface area contributed by atoms with Crippen molar-refractivity contribution in [3.05, 3.63) is 56.1 Å². The van der Waals surface area contributed by atoms with Crippen molar-refractivity contribution < 1.29 is 0 Å². The van der Waals surface area contributed by atoms with E-state index in [-0.39, 0.29) is 17.4 Å². The van der Waals surface area contributed by atoms with Crippen molar-refractivity contribution in [3.8, 4) is 0 Å².